The number of nitrogens with zero attached hydrogens (tertiary/aromatic N) is 2. The lowest BCUT2D eigenvalue weighted by Gasteiger charge is -2.36. The Kier molecular flexibility index (Phi) is 4.95. The van der Waals surface area contributed by atoms with Crippen molar-refractivity contribution in [2.45, 2.75) is 13.8 Å². The molecule has 1 aliphatic heterocycles. The van der Waals surface area contributed by atoms with E-state index in [0.29, 0.717) is 18.1 Å². The minimum Gasteiger partial charge on any atom is -0.368 e. The molecule has 24 heavy (non-hydrogen) atoms. The summed E-state index contributed by atoms with van der Waals surface area (Å²) in [5.41, 5.74) is 4.50. The maximum absolute atomic E-state index is 12.4. The summed E-state index contributed by atoms with van der Waals surface area (Å²) < 4.78 is 0. The summed E-state index contributed by atoms with van der Waals surface area (Å²) in [6.45, 7) is 7.33. The second-order valence-corrected chi connectivity index (χ2v) is 6.70. The van der Waals surface area contributed by atoms with Crippen molar-refractivity contribution in [2.75, 3.05) is 36.4 Å². The van der Waals surface area contributed by atoms with Crippen molar-refractivity contribution in [2.24, 2.45) is 0 Å². The van der Waals surface area contributed by atoms with Gasteiger partial charge in [-0.05, 0) is 55.3 Å². The van der Waals surface area contributed by atoms with Gasteiger partial charge in [-0.25, -0.2) is 4.79 Å². The van der Waals surface area contributed by atoms with E-state index in [1.165, 1.54) is 16.8 Å². The number of hydrogen-bond acceptors (Lipinski definition) is 2. The molecule has 1 saturated heterocycles. The van der Waals surface area contributed by atoms with Gasteiger partial charge in [-0.15, -0.1) is 0 Å². The van der Waals surface area contributed by atoms with Crippen molar-refractivity contribution in [1.29, 1.82) is 0 Å². The summed E-state index contributed by atoms with van der Waals surface area (Å²) in [7, 11) is 0. The van der Waals surface area contributed by atoms with Crippen LogP contribution in [0.25, 0.3) is 0 Å². The van der Waals surface area contributed by atoms with Crippen LogP contribution in [0.5, 0.6) is 0 Å². The number of carbonyl (C=O) groups excluding carboxylic acids is 1. The summed E-state index contributed by atoms with van der Waals surface area (Å²) in [6.07, 6.45) is 0. The van der Waals surface area contributed by atoms with Crippen molar-refractivity contribution in [3.63, 3.8) is 0 Å². The van der Waals surface area contributed by atoms with Crippen LogP contribution in [-0.2, 0) is 0 Å². The first kappa shape index (κ1) is 16.7. The molecule has 0 aromatic heterocycles. The molecule has 0 spiro atoms. The zero-order valence-electron chi connectivity index (χ0n) is 14.1. The highest BCUT2D eigenvalue weighted by Gasteiger charge is 2.21. The Bertz CT molecular complexity index is 719. The van der Waals surface area contributed by atoms with Crippen LogP contribution >= 0.6 is 11.6 Å². The number of rotatable bonds is 2. The van der Waals surface area contributed by atoms with E-state index < -0.39 is 0 Å². The van der Waals surface area contributed by atoms with Gasteiger partial charge in [0.15, 0.2) is 0 Å². The van der Waals surface area contributed by atoms with Crippen molar-refractivity contribution in [1.82, 2.24) is 4.90 Å². The summed E-state index contributed by atoms with van der Waals surface area (Å²) in [5, 5.41) is 3.53. The lowest BCUT2D eigenvalue weighted by molar-refractivity contribution is 0.208. The lowest BCUT2D eigenvalue weighted by Crippen LogP contribution is -2.50. The molecule has 0 bridgehead atoms. The Morgan fingerprint density at radius 1 is 1.00 bits per heavy atom. The van der Waals surface area contributed by atoms with Gasteiger partial charge in [0.1, 0.15) is 0 Å². The van der Waals surface area contributed by atoms with E-state index in [4.69, 9.17) is 11.6 Å². The molecule has 1 fully saturated rings. The topological polar surface area (TPSA) is 35.6 Å². The molecule has 0 atom stereocenters. The molecule has 0 aliphatic carbocycles. The van der Waals surface area contributed by atoms with Crippen molar-refractivity contribution in [3.8, 4) is 0 Å². The van der Waals surface area contributed by atoms with Crippen LogP contribution in [0.1, 0.15) is 11.1 Å². The average Bonchev–Trinajstić information content (AvgIpc) is 2.54. The fourth-order valence-corrected chi connectivity index (χ4v) is 3.26. The maximum atomic E-state index is 12.4. The number of aryl methyl sites for hydroxylation is 2. The first-order valence-corrected chi connectivity index (χ1v) is 8.54. The predicted molar refractivity (Wildman–Crippen MR) is 100 cm³/mol. The molecule has 0 saturated carbocycles. The molecular formula is C19H22ClN3O. The van der Waals surface area contributed by atoms with Gasteiger partial charge in [-0.3, -0.25) is 0 Å². The number of hydrogen-bond donors (Lipinski definition) is 1. The number of halogens is 1. The Labute approximate surface area is 148 Å². The second-order valence-electron chi connectivity index (χ2n) is 6.26. The maximum Gasteiger partial charge on any atom is 0.321 e. The van der Waals surface area contributed by atoms with Crippen molar-refractivity contribution in [3.05, 3.63) is 58.6 Å². The molecule has 0 unspecified atom stereocenters. The Hall–Kier alpha value is -2.20. The molecule has 3 rings (SSSR count). The fourth-order valence-electron chi connectivity index (χ4n) is 3.07. The summed E-state index contributed by atoms with van der Waals surface area (Å²) in [6, 6.07) is 13.7. The number of amides is 2. The van der Waals surface area contributed by atoms with Crippen LogP contribution in [0.3, 0.4) is 0 Å². The largest absolute Gasteiger partial charge is 0.368 e. The van der Waals surface area contributed by atoms with E-state index in [2.05, 4.69) is 42.3 Å². The van der Waals surface area contributed by atoms with E-state index in [0.717, 1.165) is 18.8 Å². The highest BCUT2D eigenvalue weighted by atomic mass is 35.5. The van der Waals surface area contributed by atoms with Gasteiger partial charge in [0.25, 0.3) is 0 Å². The average molecular weight is 344 g/mol. The van der Waals surface area contributed by atoms with Gasteiger partial charge >= 0.3 is 6.03 Å². The molecule has 2 amide bonds. The molecule has 1 heterocycles. The summed E-state index contributed by atoms with van der Waals surface area (Å²) in [4.78, 5) is 16.6. The molecule has 1 N–H and O–H groups in total. The quantitative estimate of drug-likeness (QED) is 0.881. The SMILES string of the molecule is Cc1cc(C)cc(N2CCN(C(=O)Nc3cccc(Cl)c3)CC2)c1. The fraction of sp³-hybridized carbons (Fsp3) is 0.316. The van der Waals surface area contributed by atoms with Crippen LogP contribution in [-0.4, -0.2) is 37.1 Å². The zero-order chi connectivity index (χ0) is 17.1. The highest BCUT2D eigenvalue weighted by molar-refractivity contribution is 6.30. The normalized spacial score (nSPS) is 14.6. The Morgan fingerprint density at radius 2 is 1.67 bits per heavy atom. The molecular weight excluding hydrogens is 322 g/mol. The van der Waals surface area contributed by atoms with Crippen LogP contribution in [0.2, 0.25) is 5.02 Å². The van der Waals surface area contributed by atoms with Gasteiger partial charge in [0, 0.05) is 42.6 Å². The number of piperazine rings is 1. The van der Waals surface area contributed by atoms with E-state index >= 15 is 0 Å². The van der Waals surface area contributed by atoms with Crippen LogP contribution in [0.4, 0.5) is 16.2 Å². The number of nitrogens with one attached hydrogen (secondary N) is 1. The van der Waals surface area contributed by atoms with Crippen LogP contribution in [0.15, 0.2) is 42.5 Å². The van der Waals surface area contributed by atoms with E-state index in [9.17, 15) is 4.79 Å². The molecule has 4 nitrogen and oxygen atoms in total. The first-order chi connectivity index (χ1) is 11.5. The van der Waals surface area contributed by atoms with E-state index in [1.54, 1.807) is 12.1 Å². The summed E-state index contributed by atoms with van der Waals surface area (Å²) in [5.74, 6) is 0. The van der Waals surface area contributed by atoms with Crippen molar-refractivity contribution < 1.29 is 4.79 Å². The third kappa shape index (κ3) is 4.01. The van der Waals surface area contributed by atoms with E-state index in [1.807, 2.05) is 17.0 Å². The number of carbonyl (C=O) groups is 1. The minimum absolute atomic E-state index is 0.0719. The molecule has 5 heteroatoms. The van der Waals surface area contributed by atoms with Gasteiger partial charge < -0.3 is 15.1 Å². The Morgan fingerprint density at radius 3 is 2.29 bits per heavy atom. The van der Waals surface area contributed by atoms with Crippen molar-refractivity contribution >= 4 is 29.0 Å². The summed E-state index contributed by atoms with van der Waals surface area (Å²) >= 11 is 5.95. The zero-order valence-corrected chi connectivity index (χ0v) is 14.8. The number of benzene rings is 2. The Balaban J connectivity index is 1.59. The van der Waals surface area contributed by atoms with E-state index in [-0.39, 0.29) is 6.03 Å². The minimum atomic E-state index is -0.0719. The van der Waals surface area contributed by atoms with Crippen LogP contribution < -0.4 is 10.2 Å². The monoisotopic (exact) mass is 343 g/mol. The molecule has 2 aromatic carbocycles. The molecule has 126 valence electrons. The third-order valence-corrected chi connectivity index (χ3v) is 4.45. The lowest BCUT2D eigenvalue weighted by atomic mass is 10.1. The number of anilines is 2. The van der Waals surface area contributed by atoms with Crippen LogP contribution in [0, 0.1) is 13.8 Å². The van der Waals surface area contributed by atoms with Gasteiger partial charge in [-0.2, -0.15) is 0 Å². The molecule has 0 radical (unpaired) electrons. The smallest absolute Gasteiger partial charge is 0.321 e. The predicted octanol–water partition coefficient (Wildman–Crippen LogP) is 4.31. The number of urea groups is 1. The standard InChI is InChI=1S/C19H22ClN3O/c1-14-10-15(2)12-18(11-14)22-6-8-23(9-7-22)19(24)21-17-5-3-4-16(20)13-17/h3-5,10-13H,6-9H2,1-2H3,(H,21,24). The molecule has 2 aromatic rings. The highest BCUT2D eigenvalue weighted by Crippen LogP contribution is 2.21. The molecule has 1 aliphatic rings. The van der Waals surface area contributed by atoms with Gasteiger partial charge in [0.2, 0.25) is 0 Å². The first-order valence-electron chi connectivity index (χ1n) is 8.16. The van der Waals surface area contributed by atoms with Gasteiger partial charge in [-0.1, -0.05) is 23.7 Å². The second kappa shape index (κ2) is 7.14. The third-order valence-electron chi connectivity index (χ3n) is 4.21. The van der Waals surface area contributed by atoms with Gasteiger partial charge in [0.05, 0.1) is 0 Å².